The lowest BCUT2D eigenvalue weighted by Crippen LogP contribution is -2.41. The van der Waals surface area contributed by atoms with Gasteiger partial charge in [0.1, 0.15) is 12.4 Å². The number of hydrazone groups is 1. The second-order valence-electron chi connectivity index (χ2n) is 5.64. The molecule has 0 atom stereocenters. The molecular weight excluding hydrogens is 318 g/mol. The molecule has 2 rings (SSSR count). The second-order valence-corrected chi connectivity index (χ2v) is 5.64. The summed E-state index contributed by atoms with van der Waals surface area (Å²) in [6.45, 7) is 3.97. The van der Waals surface area contributed by atoms with Crippen LogP contribution in [0.2, 0.25) is 0 Å². The van der Waals surface area contributed by atoms with Crippen molar-refractivity contribution < 1.29 is 14.3 Å². The summed E-state index contributed by atoms with van der Waals surface area (Å²) >= 11 is 0. The van der Waals surface area contributed by atoms with Gasteiger partial charge in [-0.15, -0.1) is 0 Å². The molecule has 0 spiro atoms. The molecule has 0 heterocycles. The fourth-order valence-electron chi connectivity index (χ4n) is 1.99. The molecule has 130 valence electrons. The van der Waals surface area contributed by atoms with Crippen LogP contribution >= 0.6 is 0 Å². The minimum Gasteiger partial charge on any atom is -0.488 e. The summed E-state index contributed by atoms with van der Waals surface area (Å²) in [4.78, 5) is 23.1. The molecule has 2 aromatic carbocycles. The molecule has 0 saturated carbocycles. The molecular formula is C19H21N3O3. The first kappa shape index (κ1) is 18.2. The third-order valence-corrected chi connectivity index (χ3v) is 3.15. The molecule has 0 aromatic heterocycles. The number of nitrogens with one attached hydrogen (secondary N) is 2. The van der Waals surface area contributed by atoms with Crippen molar-refractivity contribution in [1.82, 2.24) is 10.7 Å². The molecule has 0 aliphatic heterocycles. The fraction of sp³-hybridized carbons (Fsp3) is 0.211. The topological polar surface area (TPSA) is 79.8 Å². The van der Waals surface area contributed by atoms with Crippen molar-refractivity contribution in [2.75, 3.05) is 0 Å². The largest absolute Gasteiger partial charge is 0.488 e. The third kappa shape index (κ3) is 6.10. The van der Waals surface area contributed by atoms with Crippen LogP contribution in [-0.4, -0.2) is 24.1 Å². The van der Waals surface area contributed by atoms with Crippen LogP contribution in [0.3, 0.4) is 0 Å². The van der Waals surface area contributed by atoms with Crippen molar-refractivity contribution in [1.29, 1.82) is 0 Å². The lowest BCUT2D eigenvalue weighted by atomic mass is 10.2. The van der Waals surface area contributed by atoms with E-state index < -0.39 is 11.8 Å². The highest BCUT2D eigenvalue weighted by Gasteiger charge is 2.13. The van der Waals surface area contributed by atoms with Crippen molar-refractivity contribution >= 4 is 18.0 Å². The maximum Gasteiger partial charge on any atom is 0.329 e. The van der Waals surface area contributed by atoms with Gasteiger partial charge in [-0.1, -0.05) is 42.5 Å². The number of benzene rings is 2. The average Bonchev–Trinajstić information content (AvgIpc) is 2.61. The highest BCUT2D eigenvalue weighted by molar-refractivity contribution is 6.35. The standard InChI is InChI=1S/C19H21N3O3/c1-14(2)21-18(23)19(24)22-20-12-16-10-6-7-11-17(16)25-13-15-8-4-3-5-9-15/h3-12,14H,13H2,1-2H3,(H,21,23)(H,22,24). The Labute approximate surface area is 146 Å². The molecule has 0 fully saturated rings. The normalized spacial score (nSPS) is 10.7. The van der Waals surface area contributed by atoms with Crippen LogP contribution in [-0.2, 0) is 16.2 Å². The molecule has 0 unspecified atom stereocenters. The molecule has 0 saturated heterocycles. The maximum absolute atomic E-state index is 11.6. The number of amides is 2. The zero-order valence-electron chi connectivity index (χ0n) is 14.2. The highest BCUT2D eigenvalue weighted by atomic mass is 16.5. The van der Waals surface area contributed by atoms with Gasteiger partial charge in [-0.3, -0.25) is 9.59 Å². The van der Waals surface area contributed by atoms with Gasteiger partial charge < -0.3 is 10.1 Å². The Hall–Kier alpha value is -3.15. The minimum atomic E-state index is -0.812. The van der Waals surface area contributed by atoms with Gasteiger partial charge in [0.25, 0.3) is 0 Å². The van der Waals surface area contributed by atoms with Crippen LogP contribution in [0, 0.1) is 0 Å². The van der Waals surface area contributed by atoms with Crippen LogP contribution in [0.5, 0.6) is 5.75 Å². The van der Waals surface area contributed by atoms with E-state index in [1.807, 2.05) is 54.6 Å². The number of hydrogen-bond donors (Lipinski definition) is 2. The Bertz CT molecular complexity index is 743. The molecule has 0 aliphatic rings. The monoisotopic (exact) mass is 339 g/mol. The van der Waals surface area contributed by atoms with E-state index in [4.69, 9.17) is 4.74 Å². The lowest BCUT2D eigenvalue weighted by molar-refractivity contribution is -0.139. The SMILES string of the molecule is CC(C)NC(=O)C(=O)NN=Cc1ccccc1OCc1ccccc1. The smallest absolute Gasteiger partial charge is 0.329 e. The average molecular weight is 339 g/mol. The van der Waals surface area contributed by atoms with E-state index in [9.17, 15) is 9.59 Å². The van der Waals surface area contributed by atoms with Crippen LogP contribution in [0.4, 0.5) is 0 Å². The molecule has 6 heteroatoms. The van der Waals surface area contributed by atoms with Crippen molar-refractivity contribution in [3.63, 3.8) is 0 Å². The van der Waals surface area contributed by atoms with E-state index in [0.29, 0.717) is 17.9 Å². The molecule has 2 aromatic rings. The first-order valence-electron chi connectivity index (χ1n) is 7.96. The molecule has 2 amide bonds. The second kappa shape index (κ2) is 9.22. The van der Waals surface area contributed by atoms with Crippen LogP contribution in [0.1, 0.15) is 25.0 Å². The summed E-state index contributed by atoms with van der Waals surface area (Å²) in [5, 5.41) is 6.31. The van der Waals surface area contributed by atoms with Gasteiger partial charge in [0.15, 0.2) is 0 Å². The zero-order chi connectivity index (χ0) is 18.1. The van der Waals surface area contributed by atoms with E-state index in [1.165, 1.54) is 6.21 Å². The van der Waals surface area contributed by atoms with Crippen molar-refractivity contribution in [2.45, 2.75) is 26.5 Å². The Morgan fingerprint density at radius 2 is 1.72 bits per heavy atom. The summed E-state index contributed by atoms with van der Waals surface area (Å²) < 4.78 is 5.80. The number of rotatable bonds is 6. The van der Waals surface area contributed by atoms with Crippen LogP contribution in [0.15, 0.2) is 59.7 Å². The summed E-state index contributed by atoms with van der Waals surface area (Å²) in [7, 11) is 0. The van der Waals surface area contributed by atoms with Crippen molar-refractivity contribution in [3.05, 3.63) is 65.7 Å². The number of nitrogens with zero attached hydrogens (tertiary/aromatic N) is 1. The fourth-order valence-corrected chi connectivity index (χ4v) is 1.99. The predicted octanol–water partition coefficient (Wildman–Crippen LogP) is 2.24. The van der Waals surface area contributed by atoms with E-state index >= 15 is 0 Å². The van der Waals surface area contributed by atoms with E-state index in [-0.39, 0.29) is 6.04 Å². The van der Waals surface area contributed by atoms with Gasteiger partial charge in [-0.2, -0.15) is 5.10 Å². The first-order chi connectivity index (χ1) is 12.1. The summed E-state index contributed by atoms with van der Waals surface area (Å²) in [6, 6.07) is 17.0. The Kier molecular flexibility index (Phi) is 6.71. The summed E-state index contributed by atoms with van der Waals surface area (Å²) in [6.07, 6.45) is 1.45. The Balaban J connectivity index is 1.95. The maximum atomic E-state index is 11.6. The summed E-state index contributed by atoms with van der Waals surface area (Å²) in [5.74, 6) is -0.899. The Morgan fingerprint density at radius 3 is 2.44 bits per heavy atom. The van der Waals surface area contributed by atoms with Gasteiger partial charge in [-0.25, -0.2) is 5.43 Å². The molecule has 0 aliphatic carbocycles. The highest BCUT2D eigenvalue weighted by Crippen LogP contribution is 2.17. The molecule has 0 bridgehead atoms. The number of hydrogen-bond acceptors (Lipinski definition) is 4. The molecule has 2 N–H and O–H groups in total. The van der Waals surface area contributed by atoms with Gasteiger partial charge in [0, 0.05) is 11.6 Å². The van der Waals surface area contributed by atoms with Crippen molar-refractivity contribution in [2.24, 2.45) is 5.10 Å². The molecule has 25 heavy (non-hydrogen) atoms. The van der Waals surface area contributed by atoms with E-state index in [0.717, 1.165) is 5.56 Å². The zero-order valence-corrected chi connectivity index (χ0v) is 14.2. The van der Waals surface area contributed by atoms with Gasteiger partial charge in [-0.05, 0) is 31.5 Å². The van der Waals surface area contributed by atoms with Gasteiger partial charge in [0.05, 0.1) is 6.21 Å². The molecule has 0 radical (unpaired) electrons. The minimum absolute atomic E-state index is 0.116. The van der Waals surface area contributed by atoms with Crippen LogP contribution < -0.4 is 15.5 Å². The van der Waals surface area contributed by atoms with Gasteiger partial charge >= 0.3 is 11.8 Å². The third-order valence-electron chi connectivity index (χ3n) is 3.15. The van der Waals surface area contributed by atoms with Crippen LogP contribution in [0.25, 0.3) is 0 Å². The molecule has 6 nitrogen and oxygen atoms in total. The van der Waals surface area contributed by atoms with Gasteiger partial charge in [0.2, 0.25) is 0 Å². The quantitative estimate of drug-likeness (QED) is 0.481. The van der Waals surface area contributed by atoms with E-state index in [1.54, 1.807) is 13.8 Å². The summed E-state index contributed by atoms with van der Waals surface area (Å²) in [5.41, 5.74) is 3.95. The number of ether oxygens (including phenoxy) is 1. The Morgan fingerprint density at radius 1 is 1.04 bits per heavy atom. The van der Waals surface area contributed by atoms with E-state index in [2.05, 4.69) is 15.8 Å². The number of para-hydroxylation sites is 1. The number of carbonyl (C=O) groups is 2. The predicted molar refractivity (Wildman–Crippen MR) is 96.2 cm³/mol. The number of carbonyl (C=O) groups excluding carboxylic acids is 2. The lowest BCUT2D eigenvalue weighted by Gasteiger charge is -2.09. The van der Waals surface area contributed by atoms with Crippen molar-refractivity contribution in [3.8, 4) is 5.75 Å². The first-order valence-corrected chi connectivity index (χ1v) is 7.96.